The van der Waals surface area contributed by atoms with Crippen molar-refractivity contribution < 1.29 is 9.53 Å². The minimum atomic E-state index is -0.319. The Hall–Kier alpha value is -2.43. The topological polar surface area (TPSA) is 64.3 Å². The number of carbonyl (C=O) groups is 1. The number of nitrogens with two attached hydrogens (primary N) is 1. The van der Waals surface area contributed by atoms with Crippen LogP contribution >= 0.6 is 23.2 Å². The number of hydrogen-bond acceptors (Lipinski definition) is 3. The number of rotatable bonds is 4. The molecule has 0 aromatic heterocycles. The van der Waals surface area contributed by atoms with Crippen LogP contribution in [0.1, 0.15) is 0 Å². The van der Waals surface area contributed by atoms with Crippen molar-refractivity contribution >= 4 is 51.3 Å². The number of benzene rings is 3. The molecule has 0 saturated carbocycles. The van der Waals surface area contributed by atoms with E-state index in [1.54, 1.807) is 0 Å². The maximum absolute atomic E-state index is 12.0. The van der Waals surface area contributed by atoms with Gasteiger partial charge in [-0.2, -0.15) is 0 Å². The molecule has 3 N–H and O–H groups in total. The summed E-state index contributed by atoms with van der Waals surface area (Å²) in [7, 11) is 0. The number of carbonyl (C=O) groups excluding carboxylic acids is 1. The highest BCUT2D eigenvalue weighted by atomic mass is 35.5. The van der Waals surface area contributed by atoms with Crippen LogP contribution in [-0.4, -0.2) is 12.5 Å². The van der Waals surface area contributed by atoms with E-state index in [1.165, 1.54) is 12.1 Å². The average molecular weight is 361 g/mol. The Labute approximate surface area is 149 Å². The monoisotopic (exact) mass is 360 g/mol. The van der Waals surface area contributed by atoms with E-state index in [0.29, 0.717) is 11.4 Å². The summed E-state index contributed by atoms with van der Waals surface area (Å²) in [5.74, 6) is 0.303. The first-order chi connectivity index (χ1) is 11.5. The van der Waals surface area contributed by atoms with Gasteiger partial charge in [-0.3, -0.25) is 4.79 Å². The third kappa shape index (κ3) is 3.72. The third-order valence-corrected chi connectivity index (χ3v) is 4.08. The molecule has 3 aromatic carbocycles. The molecule has 24 heavy (non-hydrogen) atoms. The largest absolute Gasteiger partial charge is 0.484 e. The number of hydrogen-bond donors (Lipinski definition) is 2. The molecule has 0 aliphatic rings. The summed E-state index contributed by atoms with van der Waals surface area (Å²) >= 11 is 11.9. The normalized spacial score (nSPS) is 10.6. The SMILES string of the molecule is Nc1c(Cl)cc(NC(=O)COc2ccc3ccccc3c2)cc1Cl. The van der Waals surface area contributed by atoms with E-state index in [4.69, 9.17) is 33.7 Å². The molecule has 0 aliphatic carbocycles. The summed E-state index contributed by atoms with van der Waals surface area (Å²) < 4.78 is 5.53. The van der Waals surface area contributed by atoms with Gasteiger partial charge in [0, 0.05) is 5.69 Å². The minimum absolute atomic E-state index is 0.127. The minimum Gasteiger partial charge on any atom is -0.484 e. The quantitative estimate of drug-likeness (QED) is 0.660. The number of nitrogen functional groups attached to an aromatic ring is 1. The second-order valence-electron chi connectivity index (χ2n) is 5.20. The molecule has 6 heteroatoms. The van der Waals surface area contributed by atoms with E-state index in [-0.39, 0.29) is 28.2 Å². The fraction of sp³-hybridized carbons (Fsp3) is 0.0556. The van der Waals surface area contributed by atoms with Crippen LogP contribution in [0.5, 0.6) is 5.75 Å². The summed E-state index contributed by atoms with van der Waals surface area (Å²) in [6.45, 7) is -0.127. The average Bonchev–Trinajstić information content (AvgIpc) is 2.57. The van der Waals surface area contributed by atoms with Crippen LogP contribution in [0.15, 0.2) is 54.6 Å². The van der Waals surface area contributed by atoms with Crippen LogP contribution in [0.25, 0.3) is 10.8 Å². The first kappa shape index (κ1) is 16.4. The predicted molar refractivity (Wildman–Crippen MR) is 98.9 cm³/mol. The summed E-state index contributed by atoms with van der Waals surface area (Å²) in [6, 6.07) is 16.7. The number of fused-ring (bicyclic) bond motifs is 1. The molecule has 3 aromatic rings. The number of amides is 1. The van der Waals surface area contributed by atoms with Gasteiger partial charge >= 0.3 is 0 Å². The van der Waals surface area contributed by atoms with Crippen molar-refractivity contribution in [3.63, 3.8) is 0 Å². The highest BCUT2D eigenvalue weighted by molar-refractivity contribution is 6.39. The molecule has 4 nitrogen and oxygen atoms in total. The van der Waals surface area contributed by atoms with Crippen LogP contribution in [0.2, 0.25) is 10.0 Å². The summed E-state index contributed by atoms with van der Waals surface area (Å²) in [4.78, 5) is 12.0. The number of anilines is 2. The standard InChI is InChI=1S/C18H14Cl2N2O2/c19-15-8-13(9-16(20)18(15)21)22-17(23)10-24-14-6-5-11-3-1-2-4-12(11)7-14/h1-9H,10,21H2,(H,22,23). The summed E-state index contributed by atoms with van der Waals surface area (Å²) in [6.07, 6.45) is 0. The fourth-order valence-electron chi connectivity index (χ4n) is 2.26. The van der Waals surface area contributed by atoms with Crippen LogP contribution in [0.4, 0.5) is 11.4 Å². The molecular formula is C18H14Cl2N2O2. The first-order valence-electron chi connectivity index (χ1n) is 7.19. The second kappa shape index (κ2) is 6.99. The van der Waals surface area contributed by atoms with Gasteiger partial charge in [0.15, 0.2) is 6.61 Å². The molecule has 0 atom stereocenters. The molecule has 3 rings (SSSR count). The number of ether oxygens (including phenoxy) is 1. The Balaban J connectivity index is 1.64. The molecule has 0 fully saturated rings. The highest BCUT2D eigenvalue weighted by Crippen LogP contribution is 2.31. The Bertz CT molecular complexity index is 889. The van der Waals surface area contributed by atoms with Gasteiger partial charge in [-0.15, -0.1) is 0 Å². The molecule has 0 aliphatic heterocycles. The van der Waals surface area contributed by atoms with E-state index in [1.807, 2.05) is 42.5 Å². The van der Waals surface area contributed by atoms with Crippen molar-refractivity contribution in [2.75, 3.05) is 17.7 Å². The lowest BCUT2D eigenvalue weighted by Crippen LogP contribution is -2.20. The van der Waals surface area contributed by atoms with E-state index in [2.05, 4.69) is 5.32 Å². The van der Waals surface area contributed by atoms with Crippen molar-refractivity contribution in [3.8, 4) is 5.75 Å². The Morgan fingerprint density at radius 1 is 1.00 bits per heavy atom. The van der Waals surface area contributed by atoms with Gasteiger partial charge in [0.2, 0.25) is 0 Å². The number of nitrogens with one attached hydrogen (secondary N) is 1. The van der Waals surface area contributed by atoms with Crippen molar-refractivity contribution in [2.24, 2.45) is 0 Å². The zero-order valence-corrected chi connectivity index (χ0v) is 14.1. The molecule has 0 radical (unpaired) electrons. The summed E-state index contributed by atoms with van der Waals surface area (Å²) in [5, 5.41) is 5.40. The summed E-state index contributed by atoms with van der Waals surface area (Å²) in [5.41, 5.74) is 6.41. The molecule has 0 unspecified atom stereocenters. The zero-order valence-electron chi connectivity index (χ0n) is 12.6. The van der Waals surface area contributed by atoms with E-state index < -0.39 is 0 Å². The maximum atomic E-state index is 12.0. The first-order valence-corrected chi connectivity index (χ1v) is 7.94. The van der Waals surface area contributed by atoms with Crippen molar-refractivity contribution in [1.82, 2.24) is 0 Å². The molecule has 1 amide bonds. The van der Waals surface area contributed by atoms with Gasteiger partial charge in [-0.1, -0.05) is 53.5 Å². The van der Waals surface area contributed by atoms with Crippen LogP contribution in [0.3, 0.4) is 0 Å². The van der Waals surface area contributed by atoms with Gasteiger partial charge in [0.25, 0.3) is 5.91 Å². The number of halogens is 2. The molecule has 122 valence electrons. The molecule has 0 spiro atoms. The predicted octanol–water partition coefficient (Wildman–Crippen LogP) is 4.75. The van der Waals surface area contributed by atoms with Gasteiger partial charge in [-0.25, -0.2) is 0 Å². The lowest BCUT2D eigenvalue weighted by atomic mass is 10.1. The zero-order chi connectivity index (χ0) is 17.1. The smallest absolute Gasteiger partial charge is 0.262 e. The molecule has 0 saturated heterocycles. The van der Waals surface area contributed by atoms with Crippen molar-refractivity contribution in [3.05, 3.63) is 64.6 Å². The third-order valence-electron chi connectivity index (χ3n) is 3.45. The molecule has 0 heterocycles. The molecule has 0 bridgehead atoms. The van der Waals surface area contributed by atoms with Crippen molar-refractivity contribution in [2.45, 2.75) is 0 Å². The molecular weight excluding hydrogens is 347 g/mol. The lowest BCUT2D eigenvalue weighted by Gasteiger charge is -2.10. The van der Waals surface area contributed by atoms with E-state index in [9.17, 15) is 4.79 Å². The Morgan fingerprint density at radius 2 is 1.67 bits per heavy atom. The van der Waals surface area contributed by atoms with Gasteiger partial charge in [0.1, 0.15) is 5.75 Å². The van der Waals surface area contributed by atoms with Gasteiger partial charge in [-0.05, 0) is 35.0 Å². The highest BCUT2D eigenvalue weighted by Gasteiger charge is 2.09. The second-order valence-corrected chi connectivity index (χ2v) is 6.01. The van der Waals surface area contributed by atoms with Crippen LogP contribution in [-0.2, 0) is 4.79 Å². The van der Waals surface area contributed by atoms with Gasteiger partial charge < -0.3 is 15.8 Å². The van der Waals surface area contributed by atoms with Gasteiger partial charge in [0.05, 0.1) is 15.7 Å². The van der Waals surface area contributed by atoms with Crippen LogP contribution < -0.4 is 15.8 Å². The van der Waals surface area contributed by atoms with E-state index in [0.717, 1.165) is 10.8 Å². The maximum Gasteiger partial charge on any atom is 0.262 e. The van der Waals surface area contributed by atoms with Crippen LogP contribution in [0, 0.1) is 0 Å². The lowest BCUT2D eigenvalue weighted by molar-refractivity contribution is -0.118. The Morgan fingerprint density at radius 3 is 2.38 bits per heavy atom. The fourth-order valence-corrected chi connectivity index (χ4v) is 2.75. The Kier molecular flexibility index (Phi) is 4.79. The van der Waals surface area contributed by atoms with Crippen molar-refractivity contribution in [1.29, 1.82) is 0 Å². The van der Waals surface area contributed by atoms with E-state index >= 15 is 0 Å².